The summed E-state index contributed by atoms with van der Waals surface area (Å²) in [6, 6.07) is 16.5. The van der Waals surface area contributed by atoms with Crippen LogP contribution < -0.4 is 15.4 Å². The highest BCUT2D eigenvalue weighted by molar-refractivity contribution is 5.76. The van der Waals surface area contributed by atoms with Crippen molar-refractivity contribution in [2.75, 3.05) is 20.2 Å². The fourth-order valence-electron chi connectivity index (χ4n) is 3.13. The van der Waals surface area contributed by atoms with Gasteiger partial charge < -0.3 is 15.4 Å². The molecule has 3 rings (SSSR count). The third-order valence-electron chi connectivity index (χ3n) is 4.52. The first-order chi connectivity index (χ1) is 11.8. The van der Waals surface area contributed by atoms with Crippen molar-refractivity contribution in [2.24, 2.45) is 0 Å². The summed E-state index contributed by atoms with van der Waals surface area (Å²) in [5.41, 5.74) is 3.83. The van der Waals surface area contributed by atoms with Gasteiger partial charge >= 0.3 is 0 Å². The van der Waals surface area contributed by atoms with Gasteiger partial charge in [0.1, 0.15) is 5.75 Å². The van der Waals surface area contributed by atoms with Crippen LogP contribution in [-0.4, -0.2) is 26.1 Å². The summed E-state index contributed by atoms with van der Waals surface area (Å²) in [6.07, 6.45) is 2.29. The van der Waals surface area contributed by atoms with E-state index in [2.05, 4.69) is 34.9 Å². The summed E-state index contributed by atoms with van der Waals surface area (Å²) < 4.78 is 5.14. The minimum Gasteiger partial charge on any atom is -0.497 e. The maximum Gasteiger partial charge on any atom is 0.220 e. The number of nitrogens with one attached hydrogen (secondary N) is 2. The van der Waals surface area contributed by atoms with Crippen molar-refractivity contribution in [1.82, 2.24) is 10.6 Å². The third-order valence-corrected chi connectivity index (χ3v) is 4.52. The van der Waals surface area contributed by atoms with Gasteiger partial charge in [0.25, 0.3) is 0 Å². The van der Waals surface area contributed by atoms with Crippen LogP contribution in [0.5, 0.6) is 5.75 Å². The summed E-state index contributed by atoms with van der Waals surface area (Å²) in [7, 11) is 1.65. The Morgan fingerprint density at radius 1 is 1.21 bits per heavy atom. The molecule has 1 aliphatic heterocycles. The lowest BCUT2D eigenvalue weighted by Gasteiger charge is -2.27. The van der Waals surface area contributed by atoms with Crippen molar-refractivity contribution in [3.63, 3.8) is 0 Å². The fourth-order valence-corrected chi connectivity index (χ4v) is 3.13. The van der Waals surface area contributed by atoms with E-state index in [-0.39, 0.29) is 11.9 Å². The zero-order valence-electron chi connectivity index (χ0n) is 14.0. The predicted octanol–water partition coefficient (Wildman–Crippen LogP) is 2.63. The van der Waals surface area contributed by atoms with Crippen LogP contribution in [0.1, 0.15) is 29.2 Å². The summed E-state index contributed by atoms with van der Waals surface area (Å²) in [5, 5.41) is 6.55. The lowest BCUT2D eigenvalue weighted by atomic mass is 9.94. The SMILES string of the molecule is COc1ccc(CCC(=O)NCC2NCCc3ccccc32)cc1. The second kappa shape index (κ2) is 7.97. The van der Waals surface area contributed by atoms with E-state index in [4.69, 9.17) is 4.74 Å². The van der Waals surface area contributed by atoms with Crippen molar-refractivity contribution in [1.29, 1.82) is 0 Å². The molecular weight excluding hydrogens is 300 g/mol. The molecule has 1 amide bonds. The van der Waals surface area contributed by atoms with Crippen molar-refractivity contribution in [3.05, 3.63) is 65.2 Å². The number of benzene rings is 2. The maximum absolute atomic E-state index is 12.1. The Balaban J connectivity index is 1.47. The Hall–Kier alpha value is -2.33. The van der Waals surface area contributed by atoms with Gasteiger partial charge in [-0.25, -0.2) is 0 Å². The number of carbonyl (C=O) groups excluding carboxylic acids is 1. The fraction of sp³-hybridized carbons (Fsp3) is 0.350. The number of carbonyl (C=O) groups is 1. The molecule has 1 atom stereocenters. The van der Waals surface area contributed by atoms with E-state index in [0.717, 1.165) is 30.7 Å². The predicted molar refractivity (Wildman–Crippen MR) is 95.2 cm³/mol. The Bertz CT molecular complexity index is 682. The van der Waals surface area contributed by atoms with Gasteiger partial charge in [0.2, 0.25) is 5.91 Å². The number of rotatable bonds is 6. The molecule has 0 saturated heterocycles. The summed E-state index contributed by atoms with van der Waals surface area (Å²) >= 11 is 0. The van der Waals surface area contributed by atoms with Crippen LogP contribution in [0.3, 0.4) is 0 Å². The van der Waals surface area contributed by atoms with E-state index in [1.54, 1.807) is 7.11 Å². The van der Waals surface area contributed by atoms with Gasteiger partial charge in [-0.1, -0.05) is 36.4 Å². The molecule has 1 heterocycles. The highest BCUT2D eigenvalue weighted by atomic mass is 16.5. The standard InChI is InChI=1S/C20H24N2O2/c1-24-17-9-6-15(7-10-17)8-11-20(23)22-14-19-18-5-3-2-4-16(18)12-13-21-19/h2-7,9-10,19,21H,8,11-14H2,1H3,(H,22,23). The molecule has 0 aliphatic carbocycles. The summed E-state index contributed by atoms with van der Waals surface area (Å²) in [4.78, 5) is 12.1. The smallest absolute Gasteiger partial charge is 0.220 e. The van der Waals surface area contributed by atoms with E-state index in [9.17, 15) is 4.79 Å². The molecule has 2 aromatic carbocycles. The van der Waals surface area contributed by atoms with Gasteiger partial charge in [-0.05, 0) is 48.2 Å². The molecule has 2 N–H and O–H groups in total. The number of hydrogen-bond donors (Lipinski definition) is 2. The topological polar surface area (TPSA) is 50.4 Å². The average Bonchev–Trinajstić information content (AvgIpc) is 2.65. The number of methoxy groups -OCH3 is 1. The summed E-state index contributed by atoms with van der Waals surface area (Å²) in [5.74, 6) is 0.931. The quantitative estimate of drug-likeness (QED) is 0.859. The molecule has 126 valence electrons. The highest BCUT2D eigenvalue weighted by Gasteiger charge is 2.19. The van der Waals surface area contributed by atoms with Crippen LogP contribution in [0.4, 0.5) is 0 Å². The highest BCUT2D eigenvalue weighted by Crippen LogP contribution is 2.21. The van der Waals surface area contributed by atoms with Crippen LogP contribution in [0.2, 0.25) is 0 Å². The van der Waals surface area contributed by atoms with Gasteiger partial charge in [-0.2, -0.15) is 0 Å². The molecule has 0 saturated carbocycles. The van der Waals surface area contributed by atoms with Gasteiger partial charge in [-0.3, -0.25) is 4.79 Å². The Kier molecular flexibility index (Phi) is 5.49. The minimum absolute atomic E-state index is 0.0932. The molecule has 1 unspecified atom stereocenters. The van der Waals surface area contributed by atoms with Crippen LogP contribution in [0.25, 0.3) is 0 Å². The lowest BCUT2D eigenvalue weighted by Crippen LogP contribution is -2.38. The average molecular weight is 324 g/mol. The van der Waals surface area contributed by atoms with Crippen molar-refractivity contribution in [3.8, 4) is 5.75 Å². The minimum atomic E-state index is 0.0932. The van der Waals surface area contributed by atoms with Crippen molar-refractivity contribution < 1.29 is 9.53 Å². The number of amides is 1. The Morgan fingerprint density at radius 2 is 2.00 bits per heavy atom. The number of ether oxygens (including phenoxy) is 1. The molecule has 4 heteroatoms. The molecule has 0 radical (unpaired) electrons. The van der Waals surface area contributed by atoms with E-state index < -0.39 is 0 Å². The molecule has 4 nitrogen and oxygen atoms in total. The largest absolute Gasteiger partial charge is 0.497 e. The molecular formula is C20H24N2O2. The molecule has 0 spiro atoms. The Labute approximate surface area is 143 Å². The Morgan fingerprint density at radius 3 is 2.79 bits per heavy atom. The van der Waals surface area contributed by atoms with E-state index in [1.807, 2.05) is 24.3 Å². The maximum atomic E-state index is 12.1. The number of hydrogen-bond acceptors (Lipinski definition) is 3. The normalized spacial score (nSPS) is 16.3. The monoisotopic (exact) mass is 324 g/mol. The first-order valence-corrected chi connectivity index (χ1v) is 8.47. The van der Waals surface area contributed by atoms with Gasteiger partial charge in [-0.15, -0.1) is 0 Å². The molecule has 1 aliphatic rings. The molecule has 24 heavy (non-hydrogen) atoms. The number of aryl methyl sites for hydroxylation is 1. The molecule has 0 bridgehead atoms. The van der Waals surface area contributed by atoms with E-state index >= 15 is 0 Å². The van der Waals surface area contributed by atoms with Crippen molar-refractivity contribution in [2.45, 2.75) is 25.3 Å². The number of fused-ring (bicyclic) bond motifs is 1. The summed E-state index contributed by atoms with van der Waals surface area (Å²) in [6.45, 7) is 1.60. The van der Waals surface area contributed by atoms with Gasteiger partial charge in [0, 0.05) is 19.0 Å². The molecule has 2 aromatic rings. The van der Waals surface area contributed by atoms with Crippen LogP contribution in [0.15, 0.2) is 48.5 Å². The van der Waals surface area contributed by atoms with Crippen LogP contribution in [0, 0.1) is 0 Å². The van der Waals surface area contributed by atoms with Gasteiger partial charge in [0.15, 0.2) is 0 Å². The van der Waals surface area contributed by atoms with Crippen LogP contribution in [-0.2, 0) is 17.6 Å². The van der Waals surface area contributed by atoms with E-state index in [0.29, 0.717) is 13.0 Å². The zero-order chi connectivity index (χ0) is 16.8. The zero-order valence-corrected chi connectivity index (χ0v) is 14.0. The van der Waals surface area contributed by atoms with E-state index in [1.165, 1.54) is 11.1 Å². The first-order valence-electron chi connectivity index (χ1n) is 8.47. The van der Waals surface area contributed by atoms with Gasteiger partial charge in [0.05, 0.1) is 7.11 Å². The lowest BCUT2D eigenvalue weighted by molar-refractivity contribution is -0.121. The molecule has 0 fully saturated rings. The second-order valence-electron chi connectivity index (χ2n) is 6.11. The third kappa shape index (κ3) is 4.15. The van der Waals surface area contributed by atoms with Crippen LogP contribution >= 0.6 is 0 Å². The second-order valence-corrected chi connectivity index (χ2v) is 6.11. The molecule has 0 aromatic heterocycles. The van der Waals surface area contributed by atoms with Crippen molar-refractivity contribution >= 4 is 5.91 Å². The first kappa shape index (κ1) is 16.5.